The van der Waals surface area contributed by atoms with Gasteiger partial charge in [-0.25, -0.2) is 4.39 Å². The molecule has 0 spiro atoms. The van der Waals surface area contributed by atoms with Gasteiger partial charge in [0, 0.05) is 36.6 Å². The molecule has 0 saturated heterocycles. The summed E-state index contributed by atoms with van der Waals surface area (Å²) in [5, 5.41) is 20.3. The standard InChI is InChI=1S/C17H17FN4O/c18-15-5-3-12(4-6-15)16(23)11-20-9-14-10-21-22-17(14)13-2-1-7-19-8-13/h1-8,10,16,20,23H,9,11H2,(H,21,22). The van der Waals surface area contributed by atoms with Crippen molar-refractivity contribution in [2.24, 2.45) is 0 Å². The Hall–Kier alpha value is -2.57. The largest absolute Gasteiger partial charge is 0.387 e. The average Bonchev–Trinajstić information content (AvgIpc) is 3.05. The molecule has 23 heavy (non-hydrogen) atoms. The van der Waals surface area contributed by atoms with Gasteiger partial charge >= 0.3 is 0 Å². The normalized spacial score (nSPS) is 12.3. The van der Waals surface area contributed by atoms with Gasteiger partial charge in [-0.05, 0) is 29.8 Å². The minimum Gasteiger partial charge on any atom is -0.387 e. The Morgan fingerprint density at radius 1 is 1.17 bits per heavy atom. The van der Waals surface area contributed by atoms with Crippen LogP contribution in [-0.2, 0) is 6.54 Å². The van der Waals surface area contributed by atoms with Gasteiger partial charge in [0.2, 0.25) is 0 Å². The van der Waals surface area contributed by atoms with E-state index in [0.29, 0.717) is 18.7 Å². The number of aromatic nitrogens is 3. The highest BCUT2D eigenvalue weighted by molar-refractivity contribution is 5.61. The molecule has 5 nitrogen and oxygen atoms in total. The number of rotatable bonds is 6. The van der Waals surface area contributed by atoms with Gasteiger partial charge in [-0.2, -0.15) is 5.10 Å². The van der Waals surface area contributed by atoms with Crippen molar-refractivity contribution >= 4 is 0 Å². The molecule has 118 valence electrons. The SMILES string of the molecule is OC(CNCc1cn[nH]c1-c1cccnc1)c1ccc(F)cc1. The fourth-order valence-electron chi connectivity index (χ4n) is 2.35. The van der Waals surface area contributed by atoms with E-state index in [-0.39, 0.29) is 5.82 Å². The van der Waals surface area contributed by atoms with Crippen molar-refractivity contribution in [2.45, 2.75) is 12.6 Å². The first-order chi connectivity index (χ1) is 11.2. The summed E-state index contributed by atoms with van der Waals surface area (Å²) in [5.74, 6) is -0.312. The molecule has 0 aliphatic heterocycles. The molecule has 0 saturated carbocycles. The lowest BCUT2D eigenvalue weighted by Gasteiger charge is -2.12. The highest BCUT2D eigenvalue weighted by atomic mass is 19.1. The van der Waals surface area contributed by atoms with Crippen LogP contribution in [0.1, 0.15) is 17.2 Å². The van der Waals surface area contributed by atoms with Crippen molar-refractivity contribution in [3.8, 4) is 11.3 Å². The zero-order chi connectivity index (χ0) is 16.1. The molecule has 1 unspecified atom stereocenters. The quantitative estimate of drug-likeness (QED) is 0.653. The minimum atomic E-state index is -0.690. The maximum atomic E-state index is 12.9. The Bertz CT molecular complexity index is 743. The third-order valence-electron chi connectivity index (χ3n) is 3.58. The van der Waals surface area contributed by atoms with Crippen molar-refractivity contribution in [3.63, 3.8) is 0 Å². The van der Waals surface area contributed by atoms with Gasteiger partial charge in [0.1, 0.15) is 5.82 Å². The predicted molar refractivity (Wildman–Crippen MR) is 84.9 cm³/mol. The molecule has 2 aromatic heterocycles. The molecule has 1 aromatic carbocycles. The van der Waals surface area contributed by atoms with Crippen LogP contribution in [0.25, 0.3) is 11.3 Å². The van der Waals surface area contributed by atoms with E-state index in [1.54, 1.807) is 30.7 Å². The Morgan fingerprint density at radius 2 is 2.00 bits per heavy atom. The van der Waals surface area contributed by atoms with Crippen molar-refractivity contribution in [1.82, 2.24) is 20.5 Å². The third-order valence-corrected chi connectivity index (χ3v) is 3.58. The summed E-state index contributed by atoms with van der Waals surface area (Å²) < 4.78 is 12.9. The molecule has 0 aliphatic carbocycles. The lowest BCUT2D eigenvalue weighted by Crippen LogP contribution is -2.21. The van der Waals surface area contributed by atoms with Gasteiger partial charge in [-0.3, -0.25) is 10.1 Å². The number of hydrogen-bond donors (Lipinski definition) is 3. The van der Waals surface area contributed by atoms with Crippen LogP contribution in [0.15, 0.2) is 55.0 Å². The molecular weight excluding hydrogens is 295 g/mol. The van der Waals surface area contributed by atoms with E-state index in [9.17, 15) is 9.50 Å². The van der Waals surface area contributed by atoms with Crippen molar-refractivity contribution in [1.29, 1.82) is 0 Å². The molecule has 0 amide bonds. The van der Waals surface area contributed by atoms with Crippen LogP contribution in [-0.4, -0.2) is 26.8 Å². The summed E-state index contributed by atoms with van der Waals surface area (Å²) in [5.41, 5.74) is 3.53. The number of aliphatic hydroxyl groups is 1. The first-order valence-corrected chi connectivity index (χ1v) is 7.31. The van der Waals surface area contributed by atoms with Crippen LogP contribution in [0.4, 0.5) is 4.39 Å². The number of aliphatic hydroxyl groups excluding tert-OH is 1. The zero-order valence-corrected chi connectivity index (χ0v) is 12.4. The number of hydrogen-bond acceptors (Lipinski definition) is 4. The summed E-state index contributed by atoms with van der Waals surface area (Å²) in [6, 6.07) is 9.68. The van der Waals surface area contributed by atoms with E-state index < -0.39 is 6.10 Å². The number of nitrogens with one attached hydrogen (secondary N) is 2. The lowest BCUT2D eigenvalue weighted by molar-refractivity contribution is 0.174. The molecule has 3 N–H and O–H groups in total. The Kier molecular flexibility index (Phi) is 4.75. The molecule has 6 heteroatoms. The second kappa shape index (κ2) is 7.13. The molecule has 0 radical (unpaired) electrons. The number of benzene rings is 1. The molecule has 2 heterocycles. The second-order valence-electron chi connectivity index (χ2n) is 5.21. The van der Waals surface area contributed by atoms with Gasteiger partial charge in [0.15, 0.2) is 0 Å². The van der Waals surface area contributed by atoms with Gasteiger partial charge < -0.3 is 10.4 Å². The van der Waals surface area contributed by atoms with E-state index in [0.717, 1.165) is 16.8 Å². The van der Waals surface area contributed by atoms with Crippen LogP contribution >= 0.6 is 0 Å². The summed E-state index contributed by atoms with van der Waals surface area (Å²) in [7, 11) is 0. The van der Waals surface area contributed by atoms with Gasteiger partial charge in [0.05, 0.1) is 18.0 Å². The Morgan fingerprint density at radius 3 is 2.74 bits per heavy atom. The molecule has 1 atom stereocenters. The molecule has 0 fully saturated rings. The summed E-state index contributed by atoms with van der Waals surface area (Å²) >= 11 is 0. The number of halogens is 1. The second-order valence-corrected chi connectivity index (χ2v) is 5.21. The van der Waals surface area contributed by atoms with Gasteiger partial charge in [-0.15, -0.1) is 0 Å². The summed E-state index contributed by atoms with van der Waals surface area (Å²) in [4.78, 5) is 4.10. The van der Waals surface area contributed by atoms with Crippen LogP contribution < -0.4 is 5.32 Å². The molecular formula is C17H17FN4O. The maximum absolute atomic E-state index is 12.9. The first kappa shape index (κ1) is 15.3. The molecule has 0 aliphatic rings. The molecule has 3 aromatic rings. The van der Waals surface area contributed by atoms with Crippen LogP contribution in [0.5, 0.6) is 0 Å². The highest BCUT2D eigenvalue weighted by Crippen LogP contribution is 2.20. The first-order valence-electron chi connectivity index (χ1n) is 7.31. The van der Waals surface area contributed by atoms with E-state index in [1.165, 1.54) is 12.1 Å². The fraction of sp³-hybridized carbons (Fsp3) is 0.176. The highest BCUT2D eigenvalue weighted by Gasteiger charge is 2.10. The summed E-state index contributed by atoms with van der Waals surface area (Å²) in [6.07, 6.45) is 4.55. The van der Waals surface area contributed by atoms with Crippen LogP contribution in [0, 0.1) is 5.82 Å². The van der Waals surface area contributed by atoms with E-state index in [1.807, 2.05) is 12.1 Å². The zero-order valence-electron chi connectivity index (χ0n) is 12.4. The smallest absolute Gasteiger partial charge is 0.123 e. The van der Waals surface area contributed by atoms with Crippen molar-refractivity contribution in [3.05, 3.63) is 71.9 Å². The third kappa shape index (κ3) is 3.80. The number of H-pyrrole nitrogens is 1. The van der Waals surface area contributed by atoms with Gasteiger partial charge in [0.25, 0.3) is 0 Å². The maximum Gasteiger partial charge on any atom is 0.123 e. The van der Waals surface area contributed by atoms with Crippen molar-refractivity contribution < 1.29 is 9.50 Å². The van der Waals surface area contributed by atoms with E-state index in [2.05, 4.69) is 20.5 Å². The topological polar surface area (TPSA) is 73.8 Å². The monoisotopic (exact) mass is 312 g/mol. The van der Waals surface area contributed by atoms with Gasteiger partial charge in [-0.1, -0.05) is 12.1 Å². The number of pyridine rings is 1. The average molecular weight is 312 g/mol. The van der Waals surface area contributed by atoms with Crippen LogP contribution in [0.2, 0.25) is 0 Å². The van der Waals surface area contributed by atoms with E-state index in [4.69, 9.17) is 0 Å². The lowest BCUT2D eigenvalue weighted by atomic mass is 10.1. The molecule has 0 bridgehead atoms. The minimum absolute atomic E-state index is 0.312. The Balaban J connectivity index is 1.59. The fourth-order valence-corrected chi connectivity index (χ4v) is 2.35. The summed E-state index contributed by atoms with van der Waals surface area (Å²) in [6.45, 7) is 0.919. The molecule has 3 rings (SSSR count). The number of nitrogens with zero attached hydrogens (tertiary/aromatic N) is 2. The van der Waals surface area contributed by atoms with Crippen LogP contribution in [0.3, 0.4) is 0 Å². The van der Waals surface area contributed by atoms with Crippen molar-refractivity contribution in [2.75, 3.05) is 6.54 Å². The van der Waals surface area contributed by atoms with E-state index >= 15 is 0 Å². The number of aromatic amines is 1. The predicted octanol–water partition coefficient (Wildman–Crippen LogP) is 2.43. The Labute approximate surface area is 133 Å².